The number of rotatable bonds is 24. The Kier molecular flexibility index (Phi) is 17.1. The Morgan fingerprint density at radius 2 is 1.35 bits per heavy atom. The van der Waals surface area contributed by atoms with Crippen LogP contribution in [-0.4, -0.2) is 106 Å². The number of nitrogens with zero attached hydrogens (tertiary/aromatic N) is 2. The Labute approximate surface area is 365 Å². The van der Waals surface area contributed by atoms with Gasteiger partial charge in [0.2, 0.25) is 11.6 Å². The van der Waals surface area contributed by atoms with Crippen molar-refractivity contribution in [3.63, 3.8) is 0 Å². The molecule has 0 spiro atoms. The molecule has 2 heterocycles. The third kappa shape index (κ3) is 13.6. The lowest BCUT2D eigenvalue weighted by Crippen LogP contribution is -2.30. The van der Waals surface area contributed by atoms with E-state index in [1.807, 2.05) is 30.2 Å². The molecule has 0 aromatic heterocycles. The van der Waals surface area contributed by atoms with E-state index in [-0.39, 0.29) is 48.1 Å². The van der Waals surface area contributed by atoms with Crippen LogP contribution in [0.1, 0.15) is 96.1 Å². The van der Waals surface area contributed by atoms with E-state index >= 15 is 0 Å². The highest BCUT2D eigenvalue weighted by molar-refractivity contribution is 7.86. The smallest absolute Gasteiger partial charge is 0.294 e. The van der Waals surface area contributed by atoms with Gasteiger partial charge in [0.15, 0.2) is 5.71 Å². The molecule has 7 N–H and O–H groups in total. The molecule has 0 bridgehead atoms. The van der Waals surface area contributed by atoms with Gasteiger partial charge in [-0.15, -0.1) is 0 Å². The number of unbranched alkanes of at least 4 members (excludes halogenated alkanes) is 4. The molecule has 0 saturated carbocycles. The van der Waals surface area contributed by atoms with Gasteiger partial charge >= 0.3 is 0 Å². The van der Waals surface area contributed by atoms with Gasteiger partial charge in [0.05, 0.1) is 26.7 Å². The number of allylic oxidation sites excluding steroid dienone is 6. The molecule has 0 fully saturated rings. The molecular weight excluding hydrogens is 885 g/mol. The van der Waals surface area contributed by atoms with E-state index in [9.17, 15) is 56.7 Å². The summed E-state index contributed by atoms with van der Waals surface area (Å²) in [6, 6.07) is 8.32. The first kappa shape index (κ1) is 50.8. The monoisotopic (exact) mass is 943 g/mol. The maximum absolute atomic E-state index is 12.6. The van der Waals surface area contributed by atoms with Crippen molar-refractivity contribution in [2.45, 2.75) is 106 Å². The zero-order chi connectivity index (χ0) is 46.1. The van der Waals surface area contributed by atoms with Gasteiger partial charge in [-0.05, 0) is 101 Å². The fourth-order valence-electron chi connectivity index (χ4n) is 8.12. The van der Waals surface area contributed by atoms with Crippen LogP contribution in [0.4, 0.5) is 11.4 Å². The standard InChI is InChI=1S/C41H58N4O13S4/c1-40(2)33-29-31(61(53,54)55)18-20-35(33)44(25-13-27-59(47,48)49)37(40)15-7-6-8-16-38-41(3,22-10-9-17-39(46)43-24-12-5-4-11-23-42)34-30-32(62(56,57)58)19-21-36(34)45(38)26-14-28-60(50,51)52/h6-8,15-16,18-21,29-30H,4-5,9-14,17,22-28,42H2,1-3H3,(H4-,43,46,47,48,49,50,51,52,53,54,55,56,57,58)/p+1. The van der Waals surface area contributed by atoms with Crippen molar-refractivity contribution in [3.05, 3.63) is 83.6 Å². The molecule has 0 radical (unpaired) electrons. The Bertz CT molecular complexity index is 2550. The van der Waals surface area contributed by atoms with E-state index in [2.05, 4.69) is 5.32 Å². The van der Waals surface area contributed by atoms with Crippen LogP contribution in [0.2, 0.25) is 0 Å². The summed E-state index contributed by atoms with van der Waals surface area (Å²) in [6.45, 7) is 7.04. The molecule has 21 heteroatoms. The normalized spacial score (nSPS) is 18.6. The van der Waals surface area contributed by atoms with Crippen LogP contribution < -0.4 is 16.0 Å². The fraction of sp³-hybridized carbons (Fsp3) is 0.512. The Morgan fingerprint density at radius 1 is 0.742 bits per heavy atom. The summed E-state index contributed by atoms with van der Waals surface area (Å²) in [6.07, 6.45) is 14.3. The predicted octanol–water partition coefficient (Wildman–Crippen LogP) is 5.08. The zero-order valence-corrected chi connectivity index (χ0v) is 38.5. The number of nitrogens with one attached hydrogen (secondary N) is 1. The van der Waals surface area contributed by atoms with Gasteiger partial charge in [-0.25, -0.2) is 0 Å². The summed E-state index contributed by atoms with van der Waals surface area (Å²) < 4.78 is 136. The lowest BCUT2D eigenvalue weighted by molar-refractivity contribution is -0.437. The van der Waals surface area contributed by atoms with E-state index in [4.69, 9.17) is 5.73 Å². The van der Waals surface area contributed by atoms with Crippen molar-refractivity contribution < 1.29 is 61.3 Å². The van der Waals surface area contributed by atoms with Crippen LogP contribution in [0.25, 0.3) is 0 Å². The van der Waals surface area contributed by atoms with Gasteiger partial charge < -0.3 is 16.0 Å². The molecule has 0 aliphatic carbocycles. The van der Waals surface area contributed by atoms with E-state index < -0.39 is 62.8 Å². The second-order valence-corrected chi connectivity index (χ2v) is 22.3. The highest BCUT2D eigenvalue weighted by Gasteiger charge is 2.45. The van der Waals surface area contributed by atoms with Crippen LogP contribution >= 0.6 is 0 Å². The molecule has 2 aliphatic heterocycles. The summed E-state index contributed by atoms with van der Waals surface area (Å²) in [5.41, 5.74) is 7.40. The third-order valence-corrected chi connectivity index (χ3v) is 14.6. The molecule has 0 saturated heterocycles. The average Bonchev–Trinajstić information content (AvgIpc) is 3.51. The summed E-state index contributed by atoms with van der Waals surface area (Å²) in [5.74, 6) is -1.13. The summed E-state index contributed by atoms with van der Waals surface area (Å²) >= 11 is 0. The van der Waals surface area contributed by atoms with Gasteiger partial charge in [-0.1, -0.05) is 37.5 Å². The quantitative estimate of drug-likeness (QED) is 0.0346. The highest BCUT2D eigenvalue weighted by atomic mass is 32.2. The molecular formula is C41H59N4O13S4+. The topological polar surface area (TPSA) is 279 Å². The molecule has 17 nitrogen and oxygen atoms in total. The first-order valence-corrected chi connectivity index (χ1v) is 26.5. The van der Waals surface area contributed by atoms with Gasteiger partial charge in [0.25, 0.3) is 40.5 Å². The minimum absolute atomic E-state index is 0.0163. The molecule has 2 aromatic rings. The summed E-state index contributed by atoms with van der Waals surface area (Å²) in [4.78, 5) is 13.9. The zero-order valence-electron chi connectivity index (χ0n) is 35.2. The molecule has 344 valence electrons. The Hall–Kier alpha value is -3.80. The van der Waals surface area contributed by atoms with E-state index in [0.717, 1.165) is 25.7 Å². The second kappa shape index (κ2) is 20.8. The van der Waals surface area contributed by atoms with E-state index in [1.165, 1.54) is 36.4 Å². The SMILES string of the molecule is CC1(C)C(C=CC=CC=C2N(CCCS(=O)(=O)O)c3ccc(S(=O)(=O)O)cc3C2(C)CCCCC(=O)NCCCCCCN)=[N+](CCCS(=O)(=O)O)c2ccc(S(=O)(=O)O)cc21. The maximum atomic E-state index is 12.6. The van der Waals surface area contributed by atoms with Gasteiger partial charge in [0, 0.05) is 60.4 Å². The Balaban J connectivity index is 1.70. The van der Waals surface area contributed by atoms with Crippen molar-refractivity contribution in [3.8, 4) is 0 Å². The number of hydrogen-bond donors (Lipinski definition) is 6. The number of amides is 1. The summed E-state index contributed by atoms with van der Waals surface area (Å²) in [5, 5.41) is 2.94. The van der Waals surface area contributed by atoms with Gasteiger partial charge in [-0.2, -0.15) is 38.2 Å². The maximum Gasteiger partial charge on any atom is 0.294 e. The van der Waals surface area contributed by atoms with Crippen molar-refractivity contribution >= 4 is 63.5 Å². The molecule has 2 aliphatic rings. The number of fused-ring (bicyclic) bond motifs is 2. The van der Waals surface area contributed by atoms with Crippen molar-refractivity contribution in [2.24, 2.45) is 5.73 Å². The van der Waals surface area contributed by atoms with Gasteiger partial charge in [-0.3, -0.25) is 23.0 Å². The van der Waals surface area contributed by atoms with E-state index in [1.54, 1.807) is 30.4 Å². The van der Waals surface area contributed by atoms with Crippen LogP contribution in [0.5, 0.6) is 0 Å². The number of carbonyl (C=O) groups excluding carboxylic acids is 1. The minimum Gasteiger partial charge on any atom is -0.356 e. The number of nitrogens with two attached hydrogens (primary N) is 1. The van der Waals surface area contributed by atoms with Crippen LogP contribution in [0.15, 0.2) is 82.3 Å². The third-order valence-electron chi connectivity index (χ3n) is 11.3. The van der Waals surface area contributed by atoms with E-state index in [0.29, 0.717) is 66.3 Å². The van der Waals surface area contributed by atoms with Crippen molar-refractivity contribution in [1.29, 1.82) is 0 Å². The molecule has 1 amide bonds. The molecule has 62 heavy (non-hydrogen) atoms. The summed E-state index contributed by atoms with van der Waals surface area (Å²) in [7, 11) is -17.7. The first-order chi connectivity index (χ1) is 28.8. The fourth-order valence-corrected chi connectivity index (χ4v) is 10.1. The minimum atomic E-state index is -4.61. The lowest BCUT2D eigenvalue weighted by Gasteiger charge is -2.30. The average molecular weight is 944 g/mol. The number of anilines is 1. The van der Waals surface area contributed by atoms with Crippen LogP contribution in [0.3, 0.4) is 0 Å². The highest BCUT2D eigenvalue weighted by Crippen LogP contribution is 2.51. The number of carbonyl (C=O) groups is 1. The van der Waals surface area contributed by atoms with Gasteiger partial charge in [0.1, 0.15) is 6.54 Å². The number of hydrogen-bond acceptors (Lipinski definition) is 11. The van der Waals surface area contributed by atoms with Crippen LogP contribution in [0, 0.1) is 0 Å². The Morgan fingerprint density at radius 3 is 1.98 bits per heavy atom. The predicted molar refractivity (Wildman–Crippen MR) is 237 cm³/mol. The molecule has 1 unspecified atom stereocenters. The first-order valence-electron chi connectivity index (χ1n) is 20.4. The second-order valence-electron chi connectivity index (χ2n) is 16.3. The van der Waals surface area contributed by atoms with Crippen molar-refractivity contribution in [2.75, 3.05) is 42.6 Å². The van der Waals surface area contributed by atoms with Crippen molar-refractivity contribution in [1.82, 2.24) is 5.32 Å². The largest absolute Gasteiger partial charge is 0.356 e. The molecule has 1 atom stereocenters. The van der Waals surface area contributed by atoms with Crippen LogP contribution in [-0.2, 0) is 56.1 Å². The lowest BCUT2D eigenvalue weighted by atomic mass is 9.77. The number of benzene rings is 2. The molecule has 4 rings (SSSR count). The molecule has 2 aromatic carbocycles.